The van der Waals surface area contributed by atoms with Crippen molar-refractivity contribution in [3.8, 4) is 0 Å². The van der Waals surface area contributed by atoms with Crippen molar-refractivity contribution in [2.75, 3.05) is 13.1 Å². The van der Waals surface area contributed by atoms with Crippen molar-refractivity contribution in [1.29, 1.82) is 0 Å². The lowest BCUT2D eigenvalue weighted by atomic mass is 10.1. The van der Waals surface area contributed by atoms with Crippen molar-refractivity contribution in [1.82, 2.24) is 9.21 Å². The molecule has 2 aromatic carbocycles. The Morgan fingerprint density at radius 3 is 2.48 bits per heavy atom. The predicted molar refractivity (Wildman–Crippen MR) is 131 cm³/mol. The van der Waals surface area contributed by atoms with Crippen LogP contribution in [-0.2, 0) is 16.6 Å². The molecule has 3 aliphatic rings. The van der Waals surface area contributed by atoms with Crippen LogP contribution in [0.3, 0.4) is 0 Å². The lowest BCUT2D eigenvalue weighted by Crippen LogP contribution is -2.27. The van der Waals surface area contributed by atoms with E-state index in [0.717, 1.165) is 28.5 Å². The second kappa shape index (κ2) is 8.81. The Balaban J connectivity index is 1.47. The predicted octanol–water partition coefficient (Wildman–Crippen LogP) is 4.08. The van der Waals surface area contributed by atoms with Gasteiger partial charge in [0.2, 0.25) is 10.0 Å². The topological polar surface area (TPSA) is 82.4 Å². The molecule has 3 aliphatic heterocycles. The number of halogens is 1. The summed E-state index contributed by atoms with van der Waals surface area (Å²) in [6.07, 6.45) is 7.45. The molecule has 0 N–H and O–H groups in total. The zero-order chi connectivity index (χ0) is 23.0. The number of rotatable bonds is 3. The fourth-order valence-corrected chi connectivity index (χ4v) is 5.95. The quantitative estimate of drug-likeness (QED) is 0.605. The molecule has 0 spiro atoms. The number of fused-ring (bicyclic) bond motifs is 2. The number of hydrogen-bond acceptors (Lipinski definition) is 4. The first kappa shape index (κ1) is 21.9. The molecular formula is C24H21BrN4O3S. The largest absolute Gasteiger partial charge is 0.327 e. The summed E-state index contributed by atoms with van der Waals surface area (Å²) < 4.78 is 27.9. The summed E-state index contributed by atoms with van der Waals surface area (Å²) in [5, 5.41) is 0. The molecule has 1 amide bonds. The average Bonchev–Trinajstić information content (AvgIpc) is 3.32. The van der Waals surface area contributed by atoms with E-state index in [2.05, 4.69) is 25.9 Å². The van der Waals surface area contributed by atoms with Crippen LogP contribution >= 0.6 is 15.9 Å². The Morgan fingerprint density at radius 2 is 1.73 bits per heavy atom. The van der Waals surface area contributed by atoms with Gasteiger partial charge in [0.15, 0.2) is 5.84 Å². The summed E-state index contributed by atoms with van der Waals surface area (Å²) in [5.74, 6) is 0.546. The van der Waals surface area contributed by atoms with Gasteiger partial charge in [-0.3, -0.25) is 4.79 Å². The molecule has 0 aliphatic carbocycles. The van der Waals surface area contributed by atoms with Gasteiger partial charge in [0.1, 0.15) is 5.84 Å². The van der Waals surface area contributed by atoms with Gasteiger partial charge >= 0.3 is 0 Å². The van der Waals surface area contributed by atoms with Crippen LogP contribution in [-0.4, -0.2) is 48.3 Å². The van der Waals surface area contributed by atoms with Crippen LogP contribution in [0.1, 0.15) is 34.3 Å². The van der Waals surface area contributed by atoms with Crippen LogP contribution in [0, 0.1) is 0 Å². The van der Waals surface area contributed by atoms with Crippen LogP contribution in [0.4, 0.5) is 0 Å². The number of amidine groups is 2. The van der Waals surface area contributed by atoms with E-state index in [1.54, 1.807) is 0 Å². The number of sulfonamides is 1. The van der Waals surface area contributed by atoms with Gasteiger partial charge < -0.3 is 4.90 Å². The number of carbonyl (C=O) groups excluding carboxylic acids is 1. The van der Waals surface area contributed by atoms with Crippen LogP contribution in [0.15, 0.2) is 86.2 Å². The lowest BCUT2D eigenvalue weighted by molar-refractivity contribution is 0.100. The first-order valence-corrected chi connectivity index (χ1v) is 12.9. The third kappa shape index (κ3) is 4.36. The van der Waals surface area contributed by atoms with Gasteiger partial charge in [0.25, 0.3) is 5.91 Å². The van der Waals surface area contributed by atoms with E-state index in [1.165, 1.54) is 28.6 Å². The van der Waals surface area contributed by atoms with E-state index in [9.17, 15) is 13.2 Å². The molecule has 0 unspecified atom stereocenters. The second-order valence-electron chi connectivity index (χ2n) is 7.98. The number of allylic oxidation sites excluding steroid dienone is 2. The van der Waals surface area contributed by atoms with Gasteiger partial charge in [-0.05, 0) is 70.8 Å². The number of amides is 1. The number of benzene rings is 2. The number of aliphatic imine (C=N–C) groups is 2. The van der Waals surface area contributed by atoms with Crippen LogP contribution in [0.25, 0.3) is 0 Å². The maximum atomic E-state index is 13.0. The molecule has 0 atom stereocenters. The summed E-state index contributed by atoms with van der Waals surface area (Å²) in [7, 11) is -3.53. The minimum atomic E-state index is -3.53. The SMILES string of the molecule is O=C(N=C1N=C2C=CC(Br)=CN2Cc2ccccc21)c1ccc(S(=O)(=O)N2CCCC2)cc1. The molecule has 1 fully saturated rings. The van der Waals surface area contributed by atoms with Gasteiger partial charge in [-0.15, -0.1) is 0 Å². The molecule has 33 heavy (non-hydrogen) atoms. The third-order valence-electron chi connectivity index (χ3n) is 5.80. The number of carbonyl (C=O) groups is 1. The summed E-state index contributed by atoms with van der Waals surface area (Å²) in [6.45, 7) is 1.67. The maximum Gasteiger partial charge on any atom is 0.279 e. The zero-order valence-electron chi connectivity index (χ0n) is 17.7. The Hall–Kier alpha value is -2.88. The summed E-state index contributed by atoms with van der Waals surface area (Å²) in [5.41, 5.74) is 2.10. The van der Waals surface area contributed by atoms with Crippen molar-refractivity contribution in [2.24, 2.45) is 9.98 Å². The van der Waals surface area contributed by atoms with Gasteiger partial charge in [-0.1, -0.05) is 24.3 Å². The highest BCUT2D eigenvalue weighted by Crippen LogP contribution is 2.25. The minimum absolute atomic E-state index is 0.189. The monoisotopic (exact) mass is 524 g/mol. The van der Waals surface area contributed by atoms with Crippen LogP contribution in [0.2, 0.25) is 0 Å². The number of hydrogen-bond donors (Lipinski definition) is 0. The smallest absolute Gasteiger partial charge is 0.279 e. The average molecular weight is 525 g/mol. The fraction of sp³-hybridized carbons (Fsp3) is 0.208. The van der Waals surface area contributed by atoms with E-state index in [0.29, 0.717) is 36.9 Å². The van der Waals surface area contributed by atoms with Gasteiger partial charge in [-0.2, -0.15) is 9.30 Å². The normalized spacial score (nSPS) is 19.5. The molecule has 0 saturated carbocycles. The molecule has 0 bridgehead atoms. The van der Waals surface area contributed by atoms with Gasteiger partial charge in [-0.25, -0.2) is 13.4 Å². The molecule has 1 saturated heterocycles. The Labute approximate surface area is 201 Å². The molecule has 5 rings (SSSR count). The van der Waals surface area contributed by atoms with E-state index in [-0.39, 0.29) is 4.90 Å². The highest BCUT2D eigenvalue weighted by atomic mass is 79.9. The molecule has 2 aromatic rings. The van der Waals surface area contributed by atoms with E-state index in [1.807, 2.05) is 47.5 Å². The van der Waals surface area contributed by atoms with E-state index < -0.39 is 15.9 Å². The highest BCUT2D eigenvalue weighted by molar-refractivity contribution is 9.11. The van der Waals surface area contributed by atoms with Gasteiger partial charge in [0, 0.05) is 41.4 Å². The first-order valence-electron chi connectivity index (χ1n) is 10.6. The molecule has 3 heterocycles. The Kier molecular flexibility index (Phi) is 5.86. The molecular weight excluding hydrogens is 504 g/mol. The Morgan fingerprint density at radius 1 is 1.00 bits per heavy atom. The van der Waals surface area contributed by atoms with Crippen molar-refractivity contribution in [2.45, 2.75) is 24.3 Å². The number of nitrogens with zero attached hydrogens (tertiary/aromatic N) is 4. The van der Waals surface area contributed by atoms with Crippen LogP contribution < -0.4 is 0 Å². The fourth-order valence-electron chi connectivity index (χ4n) is 4.06. The maximum absolute atomic E-state index is 13.0. The third-order valence-corrected chi connectivity index (χ3v) is 8.18. The Bertz CT molecular complexity index is 1340. The van der Waals surface area contributed by atoms with E-state index >= 15 is 0 Å². The molecule has 7 nitrogen and oxygen atoms in total. The molecule has 168 valence electrons. The zero-order valence-corrected chi connectivity index (χ0v) is 20.1. The van der Waals surface area contributed by atoms with Crippen molar-refractivity contribution < 1.29 is 13.2 Å². The molecule has 9 heteroatoms. The second-order valence-corrected chi connectivity index (χ2v) is 10.8. The van der Waals surface area contributed by atoms with Crippen molar-refractivity contribution >= 4 is 43.5 Å². The molecule has 0 aromatic heterocycles. The summed E-state index contributed by atoms with van der Waals surface area (Å²) in [4.78, 5) is 24.2. The summed E-state index contributed by atoms with van der Waals surface area (Å²) in [6, 6.07) is 13.7. The first-order chi connectivity index (χ1) is 15.9. The minimum Gasteiger partial charge on any atom is -0.327 e. The highest BCUT2D eigenvalue weighted by Gasteiger charge is 2.27. The van der Waals surface area contributed by atoms with Gasteiger partial charge in [0.05, 0.1) is 4.90 Å². The van der Waals surface area contributed by atoms with E-state index in [4.69, 9.17) is 0 Å². The van der Waals surface area contributed by atoms with Crippen molar-refractivity contribution in [3.63, 3.8) is 0 Å². The molecule has 0 radical (unpaired) electrons. The summed E-state index contributed by atoms with van der Waals surface area (Å²) >= 11 is 3.49. The lowest BCUT2D eigenvalue weighted by Gasteiger charge is -2.21. The van der Waals surface area contributed by atoms with Crippen LogP contribution in [0.5, 0.6) is 0 Å². The van der Waals surface area contributed by atoms with Crippen molar-refractivity contribution in [3.05, 3.63) is 88.1 Å². The standard InChI is InChI=1S/C24H21BrN4O3S/c25-19-9-12-22-26-23(21-6-2-1-5-18(21)15-28(22)16-19)27-24(30)17-7-10-20(11-8-17)33(31,32)29-13-3-4-14-29/h1-2,5-12,16H,3-4,13-15H2.